The molecule has 6 heteroatoms. The first-order valence-corrected chi connectivity index (χ1v) is 9.69. The van der Waals surface area contributed by atoms with Gasteiger partial charge in [-0.15, -0.1) is 0 Å². The lowest BCUT2D eigenvalue weighted by Gasteiger charge is -2.32. The first kappa shape index (κ1) is 17.1. The molecule has 0 radical (unpaired) electrons. The Balaban J connectivity index is 1.38. The van der Waals surface area contributed by atoms with Crippen molar-refractivity contribution >= 4 is 6.08 Å². The highest BCUT2D eigenvalue weighted by Gasteiger charge is 2.39. The van der Waals surface area contributed by atoms with Crippen molar-refractivity contribution in [1.82, 2.24) is 24.8 Å². The van der Waals surface area contributed by atoms with Gasteiger partial charge < -0.3 is 15.0 Å². The van der Waals surface area contributed by atoms with Crippen LogP contribution in [-0.2, 0) is 0 Å². The smallest absolute Gasteiger partial charge is 0.127 e. The molecule has 3 aromatic rings. The molecule has 142 valence electrons. The minimum atomic E-state index is 0.175. The molecular weight excluding hydrogens is 350 g/mol. The lowest BCUT2D eigenvalue weighted by atomic mass is 9.88. The normalized spacial score (nSPS) is 25.3. The zero-order valence-corrected chi connectivity index (χ0v) is 15.8. The number of imidazole rings is 1. The molecule has 2 aliphatic heterocycles. The van der Waals surface area contributed by atoms with Gasteiger partial charge in [0.2, 0.25) is 0 Å². The zero-order valence-electron chi connectivity index (χ0n) is 15.8. The minimum absolute atomic E-state index is 0.175. The third-order valence-electron chi connectivity index (χ3n) is 5.81. The van der Waals surface area contributed by atoms with E-state index in [2.05, 4.69) is 33.3 Å². The molecule has 4 heterocycles. The molecule has 0 unspecified atom stereocenters. The highest BCUT2D eigenvalue weighted by Crippen LogP contribution is 2.38. The number of aromatic nitrogens is 4. The number of nitrogens with zero attached hydrogens (tertiary/aromatic N) is 4. The SMILES string of the molecule is C[C@]12CC[C@H](C/C(=C\c3cnc(-c4ccc(-n5ccnc5)cc4O)cn3)C1)N2. The Morgan fingerprint density at radius 1 is 1.29 bits per heavy atom. The average molecular weight is 373 g/mol. The van der Waals surface area contributed by atoms with Crippen LogP contribution < -0.4 is 5.32 Å². The molecule has 0 amide bonds. The Labute approximate surface area is 164 Å². The summed E-state index contributed by atoms with van der Waals surface area (Å²) < 4.78 is 1.84. The van der Waals surface area contributed by atoms with Crippen LogP contribution in [0, 0.1) is 0 Å². The van der Waals surface area contributed by atoms with Crippen LogP contribution in [0.1, 0.15) is 38.3 Å². The molecule has 28 heavy (non-hydrogen) atoms. The zero-order chi connectivity index (χ0) is 19.1. The molecule has 2 aliphatic rings. The van der Waals surface area contributed by atoms with E-state index < -0.39 is 0 Å². The van der Waals surface area contributed by atoms with Gasteiger partial charge in [-0.2, -0.15) is 0 Å². The summed E-state index contributed by atoms with van der Waals surface area (Å²) in [4.78, 5) is 13.1. The molecular formula is C22H23N5O. The fraction of sp³-hybridized carbons (Fsp3) is 0.318. The van der Waals surface area contributed by atoms with Crippen molar-refractivity contribution in [2.75, 3.05) is 0 Å². The van der Waals surface area contributed by atoms with Crippen molar-refractivity contribution in [2.45, 2.75) is 44.2 Å². The van der Waals surface area contributed by atoms with E-state index in [1.54, 1.807) is 31.0 Å². The molecule has 0 saturated carbocycles. The maximum atomic E-state index is 10.4. The molecule has 2 saturated heterocycles. The first-order valence-electron chi connectivity index (χ1n) is 9.69. The average Bonchev–Trinajstić information content (AvgIpc) is 3.30. The summed E-state index contributed by atoms with van der Waals surface area (Å²) in [6, 6.07) is 6.10. The van der Waals surface area contributed by atoms with E-state index in [0.29, 0.717) is 17.3 Å². The van der Waals surface area contributed by atoms with Gasteiger partial charge in [0.05, 0.1) is 35.8 Å². The van der Waals surface area contributed by atoms with Crippen molar-refractivity contribution in [3.8, 4) is 22.7 Å². The molecule has 2 bridgehead atoms. The van der Waals surface area contributed by atoms with Crippen LogP contribution in [0.2, 0.25) is 0 Å². The number of aromatic hydroxyl groups is 1. The maximum Gasteiger partial charge on any atom is 0.127 e. The Bertz CT molecular complexity index is 1030. The summed E-state index contributed by atoms with van der Waals surface area (Å²) in [5.74, 6) is 0.175. The van der Waals surface area contributed by atoms with Crippen LogP contribution in [0.15, 0.2) is 54.9 Å². The number of phenols is 1. The Kier molecular flexibility index (Phi) is 4.02. The number of fused-ring (bicyclic) bond motifs is 2. The molecule has 2 atom stereocenters. The van der Waals surface area contributed by atoms with E-state index in [1.165, 1.54) is 18.4 Å². The fourth-order valence-electron chi connectivity index (χ4n) is 4.49. The maximum absolute atomic E-state index is 10.4. The van der Waals surface area contributed by atoms with Gasteiger partial charge in [0.25, 0.3) is 0 Å². The summed E-state index contributed by atoms with van der Waals surface area (Å²) in [5.41, 5.74) is 4.74. The van der Waals surface area contributed by atoms with Gasteiger partial charge in [-0.05, 0) is 50.8 Å². The van der Waals surface area contributed by atoms with Crippen LogP contribution in [0.5, 0.6) is 5.75 Å². The van der Waals surface area contributed by atoms with Crippen LogP contribution >= 0.6 is 0 Å². The van der Waals surface area contributed by atoms with Gasteiger partial charge in [-0.25, -0.2) is 4.98 Å². The third-order valence-corrected chi connectivity index (χ3v) is 5.81. The number of nitrogens with one attached hydrogen (secondary N) is 1. The predicted octanol–water partition coefficient (Wildman–Crippen LogP) is 3.72. The van der Waals surface area contributed by atoms with Gasteiger partial charge in [0.15, 0.2) is 0 Å². The predicted molar refractivity (Wildman–Crippen MR) is 108 cm³/mol. The first-order chi connectivity index (χ1) is 13.6. The summed E-state index contributed by atoms with van der Waals surface area (Å²) in [7, 11) is 0. The van der Waals surface area contributed by atoms with Gasteiger partial charge in [0, 0.05) is 35.6 Å². The summed E-state index contributed by atoms with van der Waals surface area (Å²) >= 11 is 0. The third kappa shape index (κ3) is 3.20. The van der Waals surface area contributed by atoms with E-state index in [9.17, 15) is 5.11 Å². The highest BCUT2D eigenvalue weighted by molar-refractivity contribution is 5.68. The number of rotatable bonds is 3. The molecule has 6 nitrogen and oxygen atoms in total. The van der Waals surface area contributed by atoms with Gasteiger partial charge in [-0.1, -0.05) is 5.57 Å². The summed E-state index contributed by atoms with van der Waals surface area (Å²) in [5, 5.41) is 14.2. The van der Waals surface area contributed by atoms with Gasteiger partial charge in [-0.3, -0.25) is 9.97 Å². The summed E-state index contributed by atoms with van der Waals surface area (Å²) in [6.07, 6.45) is 15.6. The molecule has 1 aromatic carbocycles. The van der Waals surface area contributed by atoms with E-state index >= 15 is 0 Å². The van der Waals surface area contributed by atoms with Gasteiger partial charge in [0.1, 0.15) is 5.75 Å². The van der Waals surface area contributed by atoms with Crippen LogP contribution in [0.25, 0.3) is 23.0 Å². The summed E-state index contributed by atoms with van der Waals surface area (Å²) in [6.45, 7) is 2.31. The van der Waals surface area contributed by atoms with Crippen molar-refractivity contribution < 1.29 is 5.11 Å². The van der Waals surface area contributed by atoms with Crippen LogP contribution in [0.4, 0.5) is 0 Å². The Morgan fingerprint density at radius 3 is 2.93 bits per heavy atom. The monoisotopic (exact) mass is 373 g/mol. The molecule has 2 fully saturated rings. The van der Waals surface area contributed by atoms with Crippen molar-refractivity contribution in [3.63, 3.8) is 0 Å². The molecule has 0 spiro atoms. The van der Waals surface area contributed by atoms with E-state index in [4.69, 9.17) is 0 Å². The second-order valence-electron chi connectivity index (χ2n) is 8.12. The lowest BCUT2D eigenvalue weighted by Crippen LogP contribution is -2.44. The number of hydrogen-bond donors (Lipinski definition) is 2. The van der Waals surface area contributed by atoms with Crippen molar-refractivity contribution in [1.29, 1.82) is 0 Å². The second kappa shape index (κ2) is 6.56. The number of benzene rings is 1. The molecule has 5 rings (SSSR count). The lowest BCUT2D eigenvalue weighted by molar-refractivity contribution is 0.351. The Hall–Kier alpha value is -2.99. The number of hydrogen-bond acceptors (Lipinski definition) is 5. The van der Waals surface area contributed by atoms with E-state index in [0.717, 1.165) is 24.2 Å². The van der Waals surface area contributed by atoms with E-state index in [-0.39, 0.29) is 11.3 Å². The topological polar surface area (TPSA) is 75.9 Å². The molecule has 2 aromatic heterocycles. The number of piperidine rings is 1. The van der Waals surface area contributed by atoms with Crippen LogP contribution in [0.3, 0.4) is 0 Å². The highest BCUT2D eigenvalue weighted by atomic mass is 16.3. The molecule has 2 N–H and O–H groups in total. The minimum Gasteiger partial charge on any atom is -0.507 e. The van der Waals surface area contributed by atoms with Crippen molar-refractivity contribution in [2.24, 2.45) is 0 Å². The quantitative estimate of drug-likeness (QED) is 0.732. The second-order valence-corrected chi connectivity index (χ2v) is 8.12. The van der Waals surface area contributed by atoms with E-state index in [1.807, 2.05) is 22.9 Å². The van der Waals surface area contributed by atoms with Gasteiger partial charge >= 0.3 is 0 Å². The standard InChI is InChI=1S/C22H23N5O/c1-22-5-4-16(26-22)8-15(11-22)9-17-12-25-20(13-24-17)19-3-2-18(10-21(19)28)27-7-6-23-14-27/h2-3,6-7,9-10,12-14,16,26,28H,4-5,8,11H2,1H3/b15-9+/t16-,22+/m1/s1. The Morgan fingerprint density at radius 2 is 2.21 bits per heavy atom. The van der Waals surface area contributed by atoms with Crippen LogP contribution in [-0.4, -0.2) is 36.2 Å². The number of phenolic OH excluding ortho intramolecular Hbond substituents is 1. The largest absolute Gasteiger partial charge is 0.507 e. The van der Waals surface area contributed by atoms with Crippen molar-refractivity contribution in [3.05, 3.63) is 60.6 Å². The molecule has 0 aliphatic carbocycles. The fourth-order valence-corrected chi connectivity index (χ4v) is 4.49.